The quantitative estimate of drug-likeness (QED) is 0.437. The molecule has 3 N–H and O–H groups in total. The van der Waals surface area contributed by atoms with E-state index in [2.05, 4.69) is 20.6 Å². The number of anilines is 1. The zero-order valence-corrected chi connectivity index (χ0v) is 13.1. The molecule has 1 aromatic heterocycles. The minimum atomic E-state index is -0.910. The van der Waals surface area contributed by atoms with Crippen LogP contribution in [0.5, 0.6) is 0 Å². The highest BCUT2D eigenvalue weighted by Crippen LogP contribution is 2.19. The van der Waals surface area contributed by atoms with Crippen LogP contribution < -0.4 is 10.6 Å². The van der Waals surface area contributed by atoms with Crippen molar-refractivity contribution in [1.82, 2.24) is 15.3 Å². The van der Waals surface area contributed by atoms with Gasteiger partial charge in [0.2, 0.25) is 0 Å². The summed E-state index contributed by atoms with van der Waals surface area (Å²) in [5.41, 5.74) is -0.00713. The molecule has 2 amide bonds. The van der Waals surface area contributed by atoms with Crippen LogP contribution >= 0.6 is 0 Å². The Hall–Kier alpha value is -3.23. The molecule has 9 heteroatoms. The monoisotopic (exact) mass is 331 g/mol. The largest absolute Gasteiger partial charge is 0.347 e. The van der Waals surface area contributed by atoms with Crippen molar-refractivity contribution in [3.8, 4) is 0 Å². The van der Waals surface area contributed by atoms with E-state index < -0.39 is 22.8 Å². The van der Waals surface area contributed by atoms with Gasteiger partial charge in [0.25, 0.3) is 5.69 Å². The Labute approximate surface area is 137 Å². The van der Waals surface area contributed by atoms with Crippen molar-refractivity contribution in [3.05, 3.63) is 52.6 Å². The number of nitrogens with zero attached hydrogens (tertiary/aromatic N) is 2. The third-order valence-electron chi connectivity index (χ3n) is 3.29. The van der Waals surface area contributed by atoms with Gasteiger partial charge in [-0.05, 0) is 12.0 Å². The van der Waals surface area contributed by atoms with Gasteiger partial charge in [0.1, 0.15) is 5.82 Å². The second kappa shape index (κ2) is 7.36. The van der Waals surface area contributed by atoms with Gasteiger partial charge in [-0.25, -0.2) is 4.98 Å². The number of nitro groups is 1. The summed E-state index contributed by atoms with van der Waals surface area (Å²) in [4.78, 5) is 41.2. The van der Waals surface area contributed by atoms with Gasteiger partial charge in [-0.15, -0.1) is 0 Å². The van der Waals surface area contributed by atoms with E-state index in [0.717, 1.165) is 0 Å². The minimum absolute atomic E-state index is 0.00529. The van der Waals surface area contributed by atoms with Gasteiger partial charge in [-0.3, -0.25) is 19.7 Å². The zero-order chi connectivity index (χ0) is 17.7. The molecular formula is C15H17N5O4. The van der Waals surface area contributed by atoms with Crippen molar-refractivity contribution in [2.45, 2.75) is 19.9 Å². The normalized spacial score (nSPS) is 11.8. The van der Waals surface area contributed by atoms with E-state index in [-0.39, 0.29) is 17.3 Å². The Kier molecular flexibility index (Phi) is 5.25. The molecule has 0 fully saturated rings. The zero-order valence-electron chi connectivity index (χ0n) is 13.1. The number of benzene rings is 1. The third-order valence-corrected chi connectivity index (χ3v) is 3.29. The molecule has 0 bridgehead atoms. The smallest absolute Gasteiger partial charge is 0.313 e. The SMILES string of the molecule is CC(C)C(NC(=O)C(=O)Nc1cccc([N+](=O)[O-])c1)c1ncc[nH]1. The van der Waals surface area contributed by atoms with Crippen molar-refractivity contribution >= 4 is 23.2 Å². The number of rotatable bonds is 5. The molecule has 0 radical (unpaired) electrons. The summed E-state index contributed by atoms with van der Waals surface area (Å²) in [5, 5.41) is 15.7. The Balaban J connectivity index is 2.05. The number of nitro benzene ring substituents is 1. The van der Waals surface area contributed by atoms with Gasteiger partial charge in [0.05, 0.1) is 11.0 Å². The molecule has 24 heavy (non-hydrogen) atoms. The van der Waals surface area contributed by atoms with Gasteiger partial charge in [-0.1, -0.05) is 19.9 Å². The summed E-state index contributed by atoms with van der Waals surface area (Å²) >= 11 is 0. The maximum atomic E-state index is 12.1. The number of carbonyl (C=O) groups excluding carboxylic acids is 2. The van der Waals surface area contributed by atoms with Crippen LogP contribution in [0.3, 0.4) is 0 Å². The standard InChI is InChI=1S/C15H17N5O4/c1-9(2)12(13-16-6-7-17-13)19-15(22)14(21)18-10-4-3-5-11(8-10)20(23)24/h3-9,12H,1-2H3,(H,16,17)(H,18,21)(H,19,22). The number of imidazole rings is 1. The van der Waals surface area contributed by atoms with Crippen LogP contribution in [0.2, 0.25) is 0 Å². The van der Waals surface area contributed by atoms with E-state index in [9.17, 15) is 19.7 Å². The number of aromatic nitrogens is 2. The molecule has 2 aromatic rings. The second-order valence-corrected chi connectivity index (χ2v) is 5.43. The lowest BCUT2D eigenvalue weighted by molar-refractivity contribution is -0.384. The molecule has 1 unspecified atom stereocenters. The van der Waals surface area contributed by atoms with Crippen molar-refractivity contribution in [2.75, 3.05) is 5.32 Å². The summed E-state index contributed by atoms with van der Waals surface area (Å²) in [7, 11) is 0. The maximum Gasteiger partial charge on any atom is 0.313 e. The Morgan fingerprint density at radius 2 is 2.04 bits per heavy atom. The fraction of sp³-hybridized carbons (Fsp3) is 0.267. The summed E-state index contributed by atoms with van der Waals surface area (Å²) in [6.07, 6.45) is 3.18. The van der Waals surface area contributed by atoms with Crippen LogP contribution in [-0.4, -0.2) is 26.7 Å². The molecule has 0 aliphatic rings. The number of aromatic amines is 1. The molecule has 0 spiro atoms. The molecule has 1 heterocycles. The predicted molar refractivity (Wildman–Crippen MR) is 86.0 cm³/mol. The van der Waals surface area contributed by atoms with Gasteiger partial charge in [-0.2, -0.15) is 0 Å². The maximum absolute atomic E-state index is 12.1. The molecule has 0 saturated carbocycles. The van der Waals surface area contributed by atoms with Crippen molar-refractivity contribution in [1.29, 1.82) is 0 Å². The van der Waals surface area contributed by atoms with Gasteiger partial charge in [0.15, 0.2) is 0 Å². The number of H-pyrrole nitrogens is 1. The van der Waals surface area contributed by atoms with Gasteiger partial charge < -0.3 is 15.6 Å². The lowest BCUT2D eigenvalue weighted by Gasteiger charge is -2.19. The molecule has 0 aliphatic carbocycles. The van der Waals surface area contributed by atoms with Crippen LogP contribution in [0.15, 0.2) is 36.7 Å². The van der Waals surface area contributed by atoms with E-state index >= 15 is 0 Å². The van der Waals surface area contributed by atoms with Crippen molar-refractivity contribution < 1.29 is 14.5 Å². The average Bonchev–Trinajstić information content (AvgIpc) is 3.06. The van der Waals surface area contributed by atoms with Crippen molar-refractivity contribution in [2.24, 2.45) is 5.92 Å². The summed E-state index contributed by atoms with van der Waals surface area (Å²) in [6, 6.07) is 4.90. The molecule has 0 aliphatic heterocycles. The first-order valence-electron chi connectivity index (χ1n) is 7.24. The van der Waals surface area contributed by atoms with E-state index in [0.29, 0.717) is 5.82 Å². The third kappa shape index (κ3) is 4.15. The van der Waals surface area contributed by atoms with Crippen LogP contribution in [0, 0.1) is 16.0 Å². The van der Waals surface area contributed by atoms with Gasteiger partial charge in [0, 0.05) is 30.2 Å². The topological polar surface area (TPSA) is 130 Å². The first-order chi connectivity index (χ1) is 11.4. The first kappa shape index (κ1) is 17.1. The highest BCUT2D eigenvalue weighted by atomic mass is 16.6. The predicted octanol–water partition coefficient (Wildman–Crippen LogP) is 1.77. The van der Waals surface area contributed by atoms with E-state index in [1.807, 2.05) is 13.8 Å². The summed E-state index contributed by atoms with van der Waals surface area (Å²) in [6.45, 7) is 3.76. The first-order valence-corrected chi connectivity index (χ1v) is 7.24. The average molecular weight is 331 g/mol. The Morgan fingerprint density at radius 1 is 1.29 bits per heavy atom. The lowest BCUT2D eigenvalue weighted by Crippen LogP contribution is -2.40. The van der Waals surface area contributed by atoms with E-state index in [4.69, 9.17) is 0 Å². The molecule has 126 valence electrons. The number of hydrogen-bond donors (Lipinski definition) is 3. The summed E-state index contributed by atoms with van der Waals surface area (Å²) in [5.74, 6) is -1.21. The van der Waals surface area contributed by atoms with Gasteiger partial charge >= 0.3 is 11.8 Å². The van der Waals surface area contributed by atoms with Crippen molar-refractivity contribution in [3.63, 3.8) is 0 Å². The van der Waals surface area contributed by atoms with E-state index in [1.165, 1.54) is 24.3 Å². The summed E-state index contributed by atoms with van der Waals surface area (Å²) < 4.78 is 0. The Morgan fingerprint density at radius 3 is 2.62 bits per heavy atom. The van der Waals surface area contributed by atoms with Crippen LogP contribution in [0.1, 0.15) is 25.7 Å². The fourth-order valence-electron chi connectivity index (χ4n) is 2.09. The van der Waals surface area contributed by atoms with Crippen LogP contribution in [-0.2, 0) is 9.59 Å². The van der Waals surface area contributed by atoms with Crippen LogP contribution in [0.25, 0.3) is 0 Å². The molecular weight excluding hydrogens is 314 g/mol. The number of nitrogens with one attached hydrogen (secondary N) is 3. The number of hydrogen-bond acceptors (Lipinski definition) is 5. The number of non-ortho nitro benzene ring substituents is 1. The molecule has 9 nitrogen and oxygen atoms in total. The molecule has 1 atom stereocenters. The minimum Gasteiger partial charge on any atom is -0.347 e. The molecule has 2 rings (SSSR count). The Bertz CT molecular complexity index is 742. The van der Waals surface area contributed by atoms with Crippen LogP contribution in [0.4, 0.5) is 11.4 Å². The number of carbonyl (C=O) groups is 2. The lowest BCUT2D eigenvalue weighted by atomic mass is 10.0. The van der Waals surface area contributed by atoms with E-state index in [1.54, 1.807) is 12.4 Å². The molecule has 1 aromatic carbocycles. The highest BCUT2D eigenvalue weighted by Gasteiger charge is 2.24. The molecule has 0 saturated heterocycles. The highest BCUT2D eigenvalue weighted by molar-refractivity contribution is 6.39. The second-order valence-electron chi connectivity index (χ2n) is 5.43. The fourth-order valence-corrected chi connectivity index (χ4v) is 2.09. The number of amides is 2.